The van der Waals surface area contributed by atoms with E-state index in [4.69, 9.17) is 0 Å². The minimum absolute atomic E-state index is 0.0251. The first-order chi connectivity index (χ1) is 7.63. The Morgan fingerprint density at radius 2 is 2.06 bits per heavy atom. The molecule has 0 unspecified atom stereocenters. The number of non-ortho nitro benzene ring substituents is 1. The summed E-state index contributed by atoms with van der Waals surface area (Å²) in [6, 6.07) is 5.09. The van der Waals surface area contributed by atoms with Crippen LogP contribution in [-0.4, -0.2) is 24.8 Å². The Hall–Kier alpha value is -2.15. The maximum atomic E-state index is 11.2. The number of amides is 2. The van der Waals surface area contributed by atoms with Crippen molar-refractivity contribution in [1.82, 2.24) is 5.32 Å². The summed E-state index contributed by atoms with van der Waals surface area (Å²) in [6.07, 6.45) is 0. The molecule has 0 aliphatic carbocycles. The highest BCUT2D eigenvalue weighted by atomic mass is 16.6. The second kappa shape index (κ2) is 5.66. The van der Waals surface area contributed by atoms with Gasteiger partial charge in [0, 0.05) is 24.9 Å². The molecule has 0 aliphatic rings. The first-order valence-corrected chi connectivity index (χ1v) is 4.41. The molecule has 2 N–H and O–H groups in total. The number of carbonyl (C=O) groups excluding carboxylic acids is 1. The molecular formula is C9H11N3O4. The van der Waals surface area contributed by atoms with Gasteiger partial charge in [-0.05, 0) is 12.1 Å². The quantitative estimate of drug-likeness (QED) is 0.459. The summed E-state index contributed by atoms with van der Waals surface area (Å²) in [5, 5.41) is 15.3. The second-order valence-corrected chi connectivity index (χ2v) is 2.87. The topological polar surface area (TPSA) is 93.5 Å². The molecule has 0 radical (unpaired) electrons. The number of hydrogen-bond donors (Lipinski definition) is 2. The number of carbonyl (C=O) groups is 1. The van der Waals surface area contributed by atoms with Crippen molar-refractivity contribution in [3.63, 3.8) is 0 Å². The van der Waals surface area contributed by atoms with E-state index in [-0.39, 0.29) is 12.4 Å². The number of anilines is 1. The molecule has 7 nitrogen and oxygen atoms in total. The van der Waals surface area contributed by atoms with E-state index in [0.29, 0.717) is 5.69 Å². The van der Waals surface area contributed by atoms with E-state index in [1.54, 1.807) is 0 Å². The summed E-state index contributed by atoms with van der Waals surface area (Å²) in [5.41, 5.74) is 0.446. The summed E-state index contributed by atoms with van der Waals surface area (Å²) in [5.74, 6) is 0. The van der Waals surface area contributed by atoms with Crippen LogP contribution in [0.1, 0.15) is 0 Å². The number of benzene rings is 1. The van der Waals surface area contributed by atoms with E-state index in [2.05, 4.69) is 15.4 Å². The third-order valence-corrected chi connectivity index (χ3v) is 1.71. The van der Waals surface area contributed by atoms with Crippen molar-refractivity contribution >= 4 is 17.4 Å². The Bertz CT molecular complexity index is 377. The maximum Gasteiger partial charge on any atom is 0.321 e. The lowest BCUT2D eigenvalue weighted by Crippen LogP contribution is -2.30. The molecule has 0 heterocycles. The van der Waals surface area contributed by atoms with Crippen molar-refractivity contribution in [3.05, 3.63) is 34.4 Å². The van der Waals surface area contributed by atoms with Gasteiger partial charge in [0.2, 0.25) is 0 Å². The van der Waals surface area contributed by atoms with Crippen LogP contribution in [0.4, 0.5) is 16.2 Å². The van der Waals surface area contributed by atoms with Gasteiger partial charge in [0.1, 0.15) is 6.73 Å². The number of ether oxygens (including phenoxy) is 1. The minimum atomic E-state index is -0.505. The van der Waals surface area contributed by atoms with Crippen LogP contribution in [0.25, 0.3) is 0 Å². The standard InChI is InChI=1S/C9H11N3O4/c1-16-6-10-9(13)11-7-2-4-8(5-3-7)12(14)15/h2-5H,6H2,1H3,(H2,10,11,13). The number of nitro groups is 1. The van der Waals surface area contributed by atoms with Crippen LogP contribution in [-0.2, 0) is 4.74 Å². The highest BCUT2D eigenvalue weighted by molar-refractivity contribution is 5.89. The second-order valence-electron chi connectivity index (χ2n) is 2.87. The molecular weight excluding hydrogens is 214 g/mol. The van der Waals surface area contributed by atoms with Gasteiger partial charge in [-0.1, -0.05) is 0 Å². The van der Waals surface area contributed by atoms with Gasteiger partial charge in [-0.25, -0.2) is 4.79 Å². The lowest BCUT2D eigenvalue weighted by atomic mass is 10.3. The zero-order valence-electron chi connectivity index (χ0n) is 8.60. The first-order valence-electron chi connectivity index (χ1n) is 4.41. The van der Waals surface area contributed by atoms with Gasteiger partial charge in [0.15, 0.2) is 0 Å². The van der Waals surface area contributed by atoms with Crippen molar-refractivity contribution in [2.24, 2.45) is 0 Å². The minimum Gasteiger partial charge on any atom is -0.364 e. The fourth-order valence-corrected chi connectivity index (χ4v) is 0.979. The molecule has 0 saturated heterocycles. The van der Waals surface area contributed by atoms with Gasteiger partial charge in [-0.2, -0.15) is 0 Å². The van der Waals surface area contributed by atoms with Crippen LogP contribution in [0.2, 0.25) is 0 Å². The molecule has 0 spiro atoms. The summed E-state index contributed by atoms with van der Waals surface area (Å²) < 4.78 is 4.64. The molecule has 1 aromatic rings. The van der Waals surface area contributed by atoms with Crippen LogP contribution in [0.3, 0.4) is 0 Å². The molecule has 7 heteroatoms. The normalized spacial score (nSPS) is 9.56. The van der Waals surface area contributed by atoms with E-state index in [1.807, 2.05) is 0 Å². The number of hydrogen-bond acceptors (Lipinski definition) is 4. The van der Waals surface area contributed by atoms with Gasteiger partial charge in [-0.15, -0.1) is 0 Å². The van der Waals surface area contributed by atoms with E-state index in [0.717, 1.165) is 0 Å². The molecule has 0 bridgehead atoms. The average Bonchev–Trinajstić information content (AvgIpc) is 2.27. The molecule has 0 aliphatic heterocycles. The number of rotatable bonds is 4. The van der Waals surface area contributed by atoms with E-state index in [9.17, 15) is 14.9 Å². The fraction of sp³-hybridized carbons (Fsp3) is 0.222. The molecule has 0 atom stereocenters. The summed E-state index contributed by atoms with van der Waals surface area (Å²) in [4.78, 5) is 21.0. The molecule has 16 heavy (non-hydrogen) atoms. The van der Waals surface area contributed by atoms with E-state index < -0.39 is 11.0 Å². The number of nitrogens with zero attached hydrogens (tertiary/aromatic N) is 1. The largest absolute Gasteiger partial charge is 0.364 e. The molecule has 0 aromatic heterocycles. The van der Waals surface area contributed by atoms with Crippen molar-refractivity contribution in [2.75, 3.05) is 19.2 Å². The van der Waals surface area contributed by atoms with Gasteiger partial charge < -0.3 is 15.4 Å². The predicted molar refractivity (Wildman–Crippen MR) is 57.1 cm³/mol. The zero-order chi connectivity index (χ0) is 12.0. The van der Waals surface area contributed by atoms with Crippen LogP contribution in [0.5, 0.6) is 0 Å². The summed E-state index contributed by atoms with van der Waals surface area (Å²) in [6.45, 7) is 0.0960. The van der Waals surface area contributed by atoms with Crippen molar-refractivity contribution in [1.29, 1.82) is 0 Å². The summed E-state index contributed by atoms with van der Waals surface area (Å²) >= 11 is 0. The Morgan fingerprint density at radius 1 is 1.44 bits per heavy atom. The molecule has 1 rings (SSSR count). The van der Waals surface area contributed by atoms with Crippen molar-refractivity contribution < 1.29 is 14.5 Å². The Balaban J connectivity index is 2.55. The van der Waals surface area contributed by atoms with Crippen LogP contribution in [0.15, 0.2) is 24.3 Å². The van der Waals surface area contributed by atoms with E-state index >= 15 is 0 Å². The molecule has 2 amide bonds. The van der Waals surface area contributed by atoms with E-state index in [1.165, 1.54) is 31.4 Å². The third kappa shape index (κ3) is 3.54. The number of urea groups is 1. The van der Waals surface area contributed by atoms with Gasteiger partial charge in [-0.3, -0.25) is 10.1 Å². The Kier molecular flexibility index (Phi) is 4.22. The lowest BCUT2D eigenvalue weighted by Gasteiger charge is -2.05. The molecule has 0 fully saturated rings. The molecule has 1 aromatic carbocycles. The van der Waals surface area contributed by atoms with Crippen LogP contribution < -0.4 is 10.6 Å². The highest BCUT2D eigenvalue weighted by Gasteiger charge is 2.05. The average molecular weight is 225 g/mol. The SMILES string of the molecule is COCNC(=O)Nc1ccc([N+](=O)[O-])cc1. The van der Waals surface area contributed by atoms with Crippen molar-refractivity contribution in [3.8, 4) is 0 Å². The van der Waals surface area contributed by atoms with Crippen LogP contribution >= 0.6 is 0 Å². The predicted octanol–water partition coefficient (Wildman–Crippen LogP) is 1.32. The van der Waals surface area contributed by atoms with Crippen LogP contribution in [0, 0.1) is 10.1 Å². The monoisotopic (exact) mass is 225 g/mol. The first kappa shape index (κ1) is 11.9. The Labute approximate surface area is 91.6 Å². The number of nitro benzene ring substituents is 1. The fourth-order valence-electron chi connectivity index (χ4n) is 0.979. The molecule has 86 valence electrons. The third-order valence-electron chi connectivity index (χ3n) is 1.71. The smallest absolute Gasteiger partial charge is 0.321 e. The highest BCUT2D eigenvalue weighted by Crippen LogP contribution is 2.14. The lowest BCUT2D eigenvalue weighted by molar-refractivity contribution is -0.384. The summed E-state index contributed by atoms with van der Waals surface area (Å²) in [7, 11) is 1.45. The Morgan fingerprint density at radius 3 is 2.56 bits per heavy atom. The molecule has 0 saturated carbocycles. The maximum absolute atomic E-state index is 11.2. The van der Waals surface area contributed by atoms with Gasteiger partial charge in [0.05, 0.1) is 4.92 Å². The number of nitrogens with one attached hydrogen (secondary N) is 2. The van der Waals surface area contributed by atoms with Gasteiger partial charge >= 0.3 is 6.03 Å². The zero-order valence-corrected chi connectivity index (χ0v) is 8.60. The number of methoxy groups -OCH3 is 1. The van der Waals surface area contributed by atoms with Crippen molar-refractivity contribution in [2.45, 2.75) is 0 Å². The van der Waals surface area contributed by atoms with Gasteiger partial charge in [0.25, 0.3) is 5.69 Å².